The van der Waals surface area contributed by atoms with Crippen LogP contribution in [0.2, 0.25) is 0 Å². The second kappa shape index (κ2) is 3.22. The summed E-state index contributed by atoms with van der Waals surface area (Å²) in [6.45, 7) is 3.44. The van der Waals surface area contributed by atoms with Crippen LogP contribution in [0.1, 0.15) is 42.2 Å². The maximum absolute atomic E-state index is 11.7. The lowest BCUT2D eigenvalue weighted by molar-refractivity contribution is 0.0971. The minimum absolute atomic E-state index is 0.346. The van der Waals surface area contributed by atoms with Crippen molar-refractivity contribution in [2.75, 3.05) is 0 Å². The minimum atomic E-state index is 0.346. The summed E-state index contributed by atoms with van der Waals surface area (Å²) in [6, 6.07) is 2.02. The third-order valence-corrected chi connectivity index (χ3v) is 3.90. The standard InChI is InChI=1S/C13H17NO/c1-9-7-10(9)8-14-6-5-11-12(14)3-2-4-13(11)15/h5-6,9-10H,2-4,7-8H2,1H3. The van der Waals surface area contributed by atoms with Gasteiger partial charge in [-0.15, -0.1) is 0 Å². The molecule has 2 aliphatic rings. The van der Waals surface area contributed by atoms with Crippen LogP contribution in [0.25, 0.3) is 0 Å². The Morgan fingerprint density at radius 2 is 2.27 bits per heavy atom. The fraction of sp³-hybridized carbons (Fsp3) is 0.615. The molecule has 15 heavy (non-hydrogen) atoms. The average molecular weight is 203 g/mol. The van der Waals surface area contributed by atoms with Gasteiger partial charge in [-0.25, -0.2) is 0 Å². The molecule has 3 rings (SSSR count). The summed E-state index contributed by atoms with van der Waals surface area (Å²) in [5, 5.41) is 0. The van der Waals surface area contributed by atoms with Crippen molar-refractivity contribution in [1.29, 1.82) is 0 Å². The van der Waals surface area contributed by atoms with Crippen LogP contribution >= 0.6 is 0 Å². The molecule has 1 saturated carbocycles. The van der Waals surface area contributed by atoms with E-state index in [-0.39, 0.29) is 0 Å². The first-order chi connectivity index (χ1) is 7.25. The fourth-order valence-electron chi connectivity index (χ4n) is 2.67. The van der Waals surface area contributed by atoms with Crippen molar-refractivity contribution in [3.63, 3.8) is 0 Å². The van der Waals surface area contributed by atoms with Gasteiger partial charge in [-0.1, -0.05) is 6.92 Å². The van der Waals surface area contributed by atoms with Gasteiger partial charge in [0.2, 0.25) is 0 Å². The highest BCUT2D eigenvalue weighted by molar-refractivity contribution is 5.98. The van der Waals surface area contributed by atoms with E-state index in [2.05, 4.69) is 17.7 Å². The van der Waals surface area contributed by atoms with Crippen LogP contribution in [0.15, 0.2) is 12.3 Å². The largest absolute Gasteiger partial charge is 0.350 e. The molecule has 2 atom stereocenters. The molecule has 2 heteroatoms. The predicted molar refractivity (Wildman–Crippen MR) is 59.0 cm³/mol. The molecule has 0 radical (unpaired) electrons. The van der Waals surface area contributed by atoms with Crippen LogP contribution in [0, 0.1) is 11.8 Å². The summed E-state index contributed by atoms with van der Waals surface area (Å²) in [6.07, 6.45) is 6.35. The summed E-state index contributed by atoms with van der Waals surface area (Å²) in [4.78, 5) is 11.7. The van der Waals surface area contributed by atoms with Gasteiger partial charge in [0.25, 0.3) is 0 Å². The highest BCUT2D eigenvalue weighted by atomic mass is 16.1. The number of carbonyl (C=O) groups excluding carboxylic acids is 1. The molecule has 0 saturated heterocycles. The number of ketones is 1. The Kier molecular flexibility index (Phi) is 1.98. The normalized spacial score (nSPS) is 29.0. The summed E-state index contributed by atoms with van der Waals surface area (Å²) >= 11 is 0. The van der Waals surface area contributed by atoms with Gasteiger partial charge in [0.1, 0.15) is 0 Å². The molecule has 80 valence electrons. The molecule has 1 fully saturated rings. The van der Waals surface area contributed by atoms with Crippen LogP contribution in [0.5, 0.6) is 0 Å². The van der Waals surface area contributed by atoms with Crippen molar-refractivity contribution in [3.05, 3.63) is 23.5 Å². The lowest BCUT2D eigenvalue weighted by Gasteiger charge is -2.14. The fourth-order valence-corrected chi connectivity index (χ4v) is 2.67. The third kappa shape index (κ3) is 1.52. The van der Waals surface area contributed by atoms with Crippen molar-refractivity contribution in [2.24, 2.45) is 11.8 Å². The molecule has 1 aromatic rings. The molecule has 0 aliphatic heterocycles. The van der Waals surface area contributed by atoms with E-state index < -0.39 is 0 Å². The SMILES string of the molecule is CC1CC1Cn1ccc2c1CCCC2=O. The monoisotopic (exact) mass is 203 g/mol. The van der Waals surface area contributed by atoms with Gasteiger partial charge >= 0.3 is 0 Å². The Labute approximate surface area is 90.3 Å². The van der Waals surface area contributed by atoms with Crippen LogP contribution in [0.3, 0.4) is 0 Å². The molecule has 0 spiro atoms. The Balaban J connectivity index is 1.86. The lowest BCUT2D eigenvalue weighted by atomic mass is 9.97. The smallest absolute Gasteiger partial charge is 0.164 e. The molecule has 0 aromatic carbocycles. The molecule has 2 nitrogen and oxygen atoms in total. The molecule has 1 aromatic heterocycles. The Bertz CT molecular complexity index is 405. The van der Waals surface area contributed by atoms with Crippen molar-refractivity contribution >= 4 is 5.78 Å². The van der Waals surface area contributed by atoms with Crippen LogP contribution in [0.4, 0.5) is 0 Å². The second-order valence-electron chi connectivity index (χ2n) is 5.08. The maximum Gasteiger partial charge on any atom is 0.164 e. The zero-order valence-corrected chi connectivity index (χ0v) is 9.20. The van der Waals surface area contributed by atoms with Gasteiger partial charge in [0.05, 0.1) is 0 Å². The molecule has 0 amide bonds. The number of fused-ring (bicyclic) bond motifs is 1. The van der Waals surface area contributed by atoms with E-state index in [0.717, 1.165) is 43.2 Å². The van der Waals surface area contributed by atoms with E-state index in [1.54, 1.807) is 0 Å². The number of nitrogens with zero attached hydrogens (tertiary/aromatic N) is 1. The minimum Gasteiger partial charge on any atom is -0.350 e. The van der Waals surface area contributed by atoms with E-state index in [1.165, 1.54) is 12.1 Å². The Morgan fingerprint density at radius 1 is 1.47 bits per heavy atom. The maximum atomic E-state index is 11.7. The molecule has 2 unspecified atom stereocenters. The lowest BCUT2D eigenvalue weighted by Crippen LogP contribution is -2.13. The number of carbonyl (C=O) groups is 1. The molecule has 0 N–H and O–H groups in total. The first kappa shape index (κ1) is 9.20. The first-order valence-corrected chi connectivity index (χ1v) is 5.97. The Hall–Kier alpha value is -1.05. The van der Waals surface area contributed by atoms with Gasteiger partial charge in [0, 0.05) is 30.4 Å². The van der Waals surface area contributed by atoms with E-state index in [0.29, 0.717) is 5.78 Å². The molecule has 2 aliphatic carbocycles. The van der Waals surface area contributed by atoms with E-state index in [1.807, 2.05) is 6.07 Å². The molecular weight excluding hydrogens is 186 g/mol. The topological polar surface area (TPSA) is 22.0 Å². The molecule has 1 heterocycles. The van der Waals surface area contributed by atoms with Gasteiger partial charge in [-0.05, 0) is 37.2 Å². The van der Waals surface area contributed by atoms with Gasteiger partial charge in [0.15, 0.2) is 5.78 Å². The summed E-state index contributed by atoms with van der Waals surface area (Å²) in [5.41, 5.74) is 2.29. The zero-order valence-electron chi connectivity index (χ0n) is 9.20. The number of rotatable bonds is 2. The zero-order chi connectivity index (χ0) is 10.4. The van der Waals surface area contributed by atoms with E-state index >= 15 is 0 Å². The summed E-state index contributed by atoms with van der Waals surface area (Å²) in [5.74, 6) is 2.10. The van der Waals surface area contributed by atoms with Gasteiger partial charge in [-0.3, -0.25) is 4.79 Å². The second-order valence-corrected chi connectivity index (χ2v) is 5.08. The summed E-state index contributed by atoms with van der Waals surface area (Å²) in [7, 11) is 0. The van der Waals surface area contributed by atoms with Crippen molar-refractivity contribution in [1.82, 2.24) is 4.57 Å². The quantitative estimate of drug-likeness (QED) is 0.724. The van der Waals surface area contributed by atoms with Crippen molar-refractivity contribution in [2.45, 2.75) is 39.2 Å². The third-order valence-electron chi connectivity index (χ3n) is 3.90. The predicted octanol–water partition coefficient (Wildman–Crippen LogP) is 2.66. The number of Topliss-reactive ketones (excluding diaryl/α,β-unsaturated/α-hetero) is 1. The molecular formula is C13H17NO. The average Bonchev–Trinajstić information content (AvgIpc) is 2.75. The van der Waals surface area contributed by atoms with E-state index in [9.17, 15) is 4.79 Å². The van der Waals surface area contributed by atoms with Crippen LogP contribution in [-0.4, -0.2) is 10.4 Å². The van der Waals surface area contributed by atoms with Crippen molar-refractivity contribution < 1.29 is 4.79 Å². The van der Waals surface area contributed by atoms with Gasteiger partial charge in [-0.2, -0.15) is 0 Å². The highest BCUT2D eigenvalue weighted by Crippen LogP contribution is 2.39. The highest BCUT2D eigenvalue weighted by Gasteiger charge is 2.33. The van der Waals surface area contributed by atoms with Crippen LogP contribution in [-0.2, 0) is 13.0 Å². The number of aromatic nitrogens is 1. The Morgan fingerprint density at radius 3 is 3.00 bits per heavy atom. The van der Waals surface area contributed by atoms with Crippen LogP contribution < -0.4 is 0 Å². The summed E-state index contributed by atoms with van der Waals surface area (Å²) < 4.78 is 2.32. The van der Waals surface area contributed by atoms with E-state index in [4.69, 9.17) is 0 Å². The molecule has 0 bridgehead atoms. The number of hydrogen-bond acceptors (Lipinski definition) is 1. The number of hydrogen-bond donors (Lipinski definition) is 0. The van der Waals surface area contributed by atoms with Crippen molar-refractivity contribution in [3.8, 4) is 0 Å². The van der Waals surface area contributed by atoms with Gasteiger partial charge < -0.3 is 4.57 Å². The first-order valence-electron chi connectivity index (χ1n) is 5.97.